The first-order valence-electron chi connectivity index (χ1n) is 4.70. The molecular formula is C11H8BrNO4. The van der Waals surface area contributed by atoms with Crippen molar-refractivity contribution in [1.82, 2.24) is 4.57 Å². The number of rotatable bonds is 2. The molecule has 88 valence electrons. The topological polar surface area (TPSA) is 68.5 Å². The van der Waals surface area contributed by atoms with Crippen LogP contribution in [0.1, 0.15) is 20.8 Å². The molecule has 0 aliphatic carbocycles. The fourth-order valence-corrected chi connectivity index (χ4v) is 1.91. The monoisotopic (exact) mass is 297 g/mol. The van der Waals surface area contributed by atoms with Gasteiger partial charge in [0.15, 0.2) is 16.3 Å². The van der Waals surface area contributed by atoms with Gasteiger partial charge in [-0.1, -0.05) is 0 Å². The lowest BCUT2D eigenvalue weighted by molar-refractivity contribution is 0.0686. The van der Waals surface area contributed by atoms with Gasteiger partial charge in [0.25, 0.3) is 0 Å². The maximum absolute atomic E-state index is 11.3. The molecule has 0 unspecified atom stereocenters. The second kappa shape index (κ2) is 4.21. The van der Waals surface area contributed by atoms with Gasteiger partial charge in [-0.15, -0.1) is 0 Å². The van der Waals surface area contributed by atoms with Gasteiger partial charge >= 0.3 is 11.9 Å². The van der Waals surface area contributed by atoms with Crippen molar-refractivity contribution < 1.29 is 18.5 Å². The summed E-state index contributed by atoms with van der Waals surface area (Å²) in [4.78, 5) is 22.2. The summed E-state index contributed by atoms with van der Waals surface area (Å²) < 4.78 is 5.98. The van der Waals surface area contributed by atoms with Crippen molar-refractivity contribution in [2.75, 3.05) is 0 Å². The quantitative estimate of drug-likeness (QED) is 0.924. The summed E-state index contributed by atoms with van der Waals surface area (Å²) in [5.74, 6) is -1.53. The number of hydrogen-bond acceptors (Lipinski definition) is 3. The van der Waals surface area contributed by atoms with Crippen LogP contribution in [0.25, 0.3) is 10.9 Å². The largest absolute Gasteiger partial charge is 0.477 e. The Labute approximate surface area is 105 Å². The number of aromatic nitrogens is 1. The Morgan fingerprint density at radius 1 is 1.35 bits per heavy atom. The predicted octanol–water partition coefficient (Wildman–Crippen LogP) is 2.34. The van der Waals surface area contributed by atoms with Crippen molar-refractivity contribution in [2.45, 2.75) is 0 Å². The van der Waals surface area contributed by atoms with Crippen molar-refractivity contribution in [3.05, 3.63) is 35.5 Å². The smallest absolute Gasteiger partial charge is 0.352 e. The molecule has 6 heteroatoms. The number of benzene rings is 1. The molecule has 2 aromatic rings. The van der Waals surface area contributed by atoms with Crippen LogP contribution in [0.4, 0.5) is 0 Å². The van der Waals surface area contributed by atoms with Crippen LogP contribution in [-0.4, -0.2) is 21.6 Å². The van der Waals surface area contributed by atoms with E-state index in [1.165, 1.54) is 6.07 Å². The van der Waals surface area contributed by atoms with E-state index in [1.807, 2.05) is 0 Å². The van der Waals surface area contributed by atoms with E-state index >= 15 is 0 Å². The molecule has 2 rings (SSSR count). The highest BCUT2D eigenvalue weighted by molar-refractivity contribution is 9.06. The molecule has 0 aliphatic heterocycles. The molecule has 1 N–H and O–H groups in total. The minimum Gasteiger partial charge on any atom is -0.477 e. The van der Waals surface area contributed by atoms with Crippen LogP contribution in [0, 0.1) is 0 Å². The lowest BCUT2D eigenvalue weighted by Gasteiger charge is -2.00. The fourth-order valence-electron chi connectivity index (χ4n) is 1.73. The molecule has 0 saturated carbocycles. The Hall–Kier alpha value is -1.82. The number of halogens is 1. The summed E-state index contributed by atoms with van der Waals surface area (Å²) in [5.41, 5.74) is 1.27. The number of aromatic carboxylic acids is 1. The van der Waals surface area contributed by atoms with Crippen molar-refractivity contribution in [1.29, 1.82) is 0 Å². The first kappa shape index (κ1) is 11.7. The van der Waals surface area contributed by atoms with Crippen molar-refractivity contribution in [3.63, 3.8) is 0 Å². The van der Waals surface area contributed by atoms with Crippen LogP contribution in [0.15, 0.2) is 24.3 Å². The molecule has 0 amide bonds. The van der Waals surface area contributed by atoms with E-state index in [0.717, 1.165) is 5.52 Å². The Morgan fingerprint density at radius 2 is 2.06 bits per heavy atom. The first-order chi connectivity index (χ1) is 8.04. The lowest BCUT2D eigenvalue weighted by atomic mass is 10.1. The number of nitrogens with zero attached hydrogens (tertiary/aromatic N) is 1. The van der Waals surface area contributed by atoms with Crippen molar-refractivity contribution in [2.24, 2.45) is 7.05 Å². The Kier molecular flexibility index (Phi) is 2.89. The summed E-state index contributed by atoms with van der Waals surface area (Å²) in [6.07, 6.45) is 0. The van der Waals surface area contributed by atoms with Gasteiger partial charge in [0.1, 0.15) is 5.69 Å². The van der Waals surface area contributed by atoms with Crippen molar-refractivity contribution >= 4 is 39.1 Å². The molecule has 1 aromatic carbocycles. The standard InChI is InChI=1S/C11H8BrNO4/c1-13-8-3-2-6(11(16)17-12)4-7(8)5-9(13)10(14)15/h2-5H,1H3,(H,14,15). The van der Waals surface area contributed by atoms with Gasteiger partial charge in [-0.3, -0.25) is 0 Å². The van der Waals surface area contributed by atoms with E-state index in [1.54, 1.807) is 29.8 Å². The first-order valence-corrected chi connectivity index (χ1v) is 5.35. The Bertz CT molecular complexity index is 617. The molecule has 0 fully saturated rings. The molecule has 17 heavy (non-hydrogen) atoms. The van der Waals surface area contributed by atoms with E-state index < -0.39 is 11.9 Å². The highest BCUT2D eigenvalue weighted by atomic mass is 79.9. The average molecular weight is 298 g/mol. The van der Waals surface area contributed by atoms with Crippen LogP contribution in [0.2, 0.25) is 0 Å². The van der Waals surface area contributed by atoms with Gasteiger partial charge in [-0.25, -0.2) is 9.59 Å². The summed E-state index contributed by atoms with van der Waals surface area (Å²) >= 11 is 2.61. The second-order valence-corrected chi connectivity index (χ2v) is 3.86. The maximum atomic E-state index is 11.3. The molecule has 1 aromatic heterocycles. The Morgan fingerprint density at radius 3 is 2.65 bits per heavy atom. The third-order valence-electron chi connectivity index (χ3n) is 2.57. The molecule has 1 heterocycles. The molecule has 0 bridgehead atoms. The van der Waals surface area contributed by atoms with Crippen LogP contribution in [-0.2, 0) is 10.9 Å². The predicted molar refractivity (Wildman–Crippen MR) is 64.2 cm³/mol. The molecular weight excluding hydrogens is 290 g/mol. The number of fused-ring (bicyclic) bond motifs is 1. The second-order valence-electron chi connectivity index (χ2n) is 3.53. The van der Waals surface area contributed by atoms with Crippen LogP contribution in [0.5, 0.6) is 0 Å². The number of hydrogen-bond donors (Lipinski definition) is 1. The SMILES string of the molecule is Cn1c(C(=O)O)cc2cc(C(=O)OBr)ccc21. The maximum Gasteiger partial charge on any atom is 0.352 e. The van der Waals surface area contributed by atoms with E-state index in [0.29, 0.717) is 10.9 Å². The minimum absolute atomic E-state index is 0.171. The summed E-state index contributed by atoms with van der Waals surface area (Å²) in [6.45, 7) is 0. The number of aryl methyl sites for hydroxylation is 1. The normalized spacial score (nSPS) is 10.5. The van der Waals surface area contributed by atoms with Gasteiger partial charge in [-0.05, 0) is 24.3 Å². The molecule has 5 nitrogen and oxygen atoms in total. The number of carboxylic acids is 1. The fraction of sp³-hybridized carbons (Fsp3) is 0.0909. The zero-order valence-electron chi connectivity index (χ0n) is 8.81. The van der Waals surface area contributed by atoms with Crippen molar-refractivity contribution in [3.8, 4) is 0 Å². The lowest BCUT2D eigenvalue weighted by Crippen LogP contribution is -2.03. The highest BCUT2D eigenvalue weighted by Crippen LogP contribution is 2.21. The van der Waals surface area contributed by atoms with Gasteiger partial charge in [0.05, 0.1) is 5.56 Å². The number of carboxylic acid groups (broad SMARTS) is 1. The van der Waals surface area contributed by atoms with Gasteiger partial charge < -0.3 is 13.5 Å². The number of carbonyl (C=O) groups excluding carboxylic acids is 1. The molecule has 0 atom stereocenters. The molecule has 0 spiro atoms. The van der Waals surface area contributed by atoms with E-state index in [-0.39, 0.29) is 5.69 Å². The summed E-state index contributed by atoms with van der Waals surface area (Å²) in [5, 5.41) is 9.65. The summed E-state index contributed by atoms with van der Waals surface area (Å²) in [7, 11) is 1.66. The van der Waals surface area contributed by atoms with Crippen LogP contribution >= 0.6 is 16.3 Å². The van der Waals surface area contributed by atoms with Gasteiger partial charge in [0, 0.05) is 18.0 Å². The van der Waals surface area contributed by atoms with E-state index in [9.17, 15) is 9.59 Å². The van der Waals surface area contributed by atoms with Gasteiger partial charge in [-0.2, -0.15) is 0 Å². The molecule has 0 radical (unpaired) electrons. The third-order valence-corrected chi connectivity index (χ3v) is 2.86. The summed E-state index contributed by atoms with van der Waals surface area (Å²) in [6, 6.07) is 6.37. The zero-order valence-corrected chi connectivity index (χ0v) is 10.4. The van der Waals surface area contributed by atoms with E-state index in [2.05, 4.69) is 20.1 Å². The number of carbonyl (C=O) groups is 2. The Balaban J connectivity index is 2.63. The van der Waals surface area contributed by atoms with E-state index in [4.69, 9.17) is 5.11 Å². The van der Waals surface area contributed by atoms with Crippen LogP contribution in [0.3, 0.4) is 0 Å². The van der Waals surface area contributed by atoms with Crippen LogP contribution < -0.4 is 0 Å². The third kappa shape index (κ3) is 1.91. The molecule has 0 aliphatic rings. The molecule has 0 saturated heterocycles. The highest BCUT2D eigenvalue weighted by Gasteiger charge is 2.14. The van der Waals surface area contributed by atoms with Gasteiger partial charge in [0.2, 0.25) is 0 Å². The minimum atomic E-state index is -1.01. The zero-order chi connectivity index (χ0) is 12.6. The average Bonchev–Trinajstić information content (AvgIpc) is 2.65.